The number of benzene rings is 2. The molecule has 1 heteroatoms. The molecule has 0 spiro atoms. The van der Waals surface area contributed by atoms with Gasteiger partial charge in [0.15, 0.2) is 0 Å². The molecule has 2 aromatic carbocycles. The Bertz CT molecular complexity index is 514. The molecule has 0 heterocycles. The van der Waals surface area contributed by atoms with Gasteiger partial charge in [0.2, 0.25) is 0 Å². The number of rotatable bonds is 1. The van der Waals surface area contributed by atoms with E-state index in [1.807, 2.05) is 66.7 Å². The Morgan fingerprint density at radius 2 is 1.41 bits per heavy atom. The third kappa shape index (κ3) is 5.79. The first kappa shape index (κ1) is 13.3. The molecule has 0 saturated heterocycles. The third-order valence-corrected chi connectivity index (χ3v) is 2.17. The van der Waals surface area contributed by atoms with E-state index >= 15 is 0 Å². The van der Waals surface area contributed by atoms with E-state index < -0.39 is 0 Å². The number of hydrogen-bond donors (Lipinski definition) is 0. The molecule has 0 amide bonds. The predicted molar refractivity (Wildman–Crippen MR) is 68.6 cm³/mol. The van der Waals surface area contributed by atoms with Crippen molar-refractivity contribution in [1.29, 1.82) is 0 Å². The zero-order valence-electron chi connectivity index (χ0n) is 9.18. The molecule has 0 nitrogen and oxygen atoms in total. The molecule has 0 aliphatic heterocycles. The molecule has 0 aliphatic carbocycles. The van der Waals surface area contributed by atoms with Gasteiger partial charge in [-0.2, -0.15) is 0 Å². The minimum atomic E-state index is 0.826. The maximum absolute atomic E-state index is 6.69. The van der Waals surface area contributed by atoms with Crippen LogP contribution in [-0.4, -0.2) is 4.26 Å². The molecule has 0 aromatic heterocycles. The van der Waals surface area contributed by atoms with Crippen molar-refractivity contribution in [3.8, 4) is 5.92 Å². The Kier molecular flexibility index (Phi) is 6.61. The summed E-state index contributed by atoms with van der Waals surface area (Å²) in [6, 6.07) is 19.4. The second-order valence-corrected chi connectivity index (χ2v) is 3.62. The van der Waals surface area contributed by atoms with Crippen molar-refractivity contribution in [3.63, 3.8) is 0 Å². The van der Waals surface area contributed by atoms with Gasteiger partial charge in [0.1, 0.15) is 0 Å². The van der Waals surface area contributed by atoms with Gasteiger partial charge >= 0.3 is 64.1 Å². The van der Waals surface area contributed by atoms with Crippen LogP contribution in [0.3, 0.4) is 0 Å². The second-order valence-electron chi connectivity index (χ2n) is 3.14. The van der Waals surface area contributed by atoms with E-state index in [1.54, 1.807) is 0 Å². The standard InChI is InChI=1S/C8H6.C8H5.Rh/c2*1-2-8-6-4-3-5-7-8;/h2-7H;3-7H;/q;-1;. The van der Waals surface area contributed by atoms with Gasteiger partial charge < -0.3 is 6.42 Å². The van der Waals surface area contributed by atoms with E-state index in [4.69, 9.17) is 6.42 Å². The van der Waals surface area contributed by atoms with Crippen LogP contribution < -0.4 is 0 Å². The van der Waals surface area contributed by atoms with E-state index in [-0.39, 0.29) is 0 Å². The van der Waals surface area contributed by atoms with E-state index in [1.165, 1.54) is 5.56 Å². The van der Waals surface area contributed by atoms with Crippen molar-refractivity contribution >= 4 is 10.3 Å². The zero-order chi connectivity index (χ0) is 12.3. The van der Waals surface area contributed by atoms with Crippen LogP contribution in [0.15, 0.2) is 60.7 Å². The SMILES string of the molecule is [C-]#Cc1ccccc1.[Rh]=[C]=Cc1ccccc1. The molecule has 2 aromatic rings. The summed E-state index contributed by atoms with van der Waals surface area (Å²) < 4.78 is 2.85. The maximum atomic E-state index is 6.69. The fraction of sp³-hybridized carbons (Fsp3) is 0. The molecule has 2 rings (SSSR count). The minimum absolute atomic E-state index is 0.826. The van der Waals surface area contributed by atoms with Crippen molar-refractivity contribution in [1.82, 2.24) is 0 Å². The van der Waals surface area contributed by atoms with Crippen molar-refractivity contribution in [2.24, 2.45) is 0 Å². The van der Waals surface area contributed by atoms with Crippen LogP contribution in [0.25, 0.3) is 6.08 Å². The van der Waals surface area contributed by atoms with Crippen LogP contribution in [0, 0.1) is 12.3 Å². The van der Waals surface area contributed by atoms with E-state index in [9.17, 15) is 0 Å². The first-order chi connectivity index (χ1) is 8.36. The monoisotopic (exact) mass is 306 g/mol. The molecule has 0 bridgehead atoms. The summed E-state index contributed by atoms with van der Waals surface area (Å²) in [5, 5.41) is 0. The Morgan fingerprint density at radius 1 is 0.882 bits per heavy atom. The third-order valence-electron chi connectivity index (χ3n) is 1.93. The first-order valence-corrected chi connectivity index (χ1v) is 5.88. The van der Waals surface area contributed by atoms with Crippen LogP contribution in [0.4, 0.5) is 0 Å². The Labute approximate surface area is 112 Å². The van der Waals surface area contributed by atoms with Crippen LogP contribution in [0.5, 0.6) is 0 Å². The summed E-state index contributed by atoms with van der Waals surface area (Å²) in [5.74, 6) is 2.28. The van der Waals surface area contributed by atoms with Crippen molar-refractivity contribution < 1.29 is 17.9 Å². The molecule has 0 N–H and O–H groups in total. The van der Waals surface area contributed by atoms with Crippen molar-refractivity contribution in [2.75, 3.05) is 0 Å². The van der Waals surface area contributed by atoms with Gasteiger partial charge in [0, 0.05) is 0 Å². The van der Waals surface area contributed by atoms with Crippen LogP contribution in [-0.2, 0) is 17.9 Å². The molecule has 0 atom stereocenters. The zero-order valence-corrected chi connectivity index (χ0v) is 10.8. The summed E-state index contributed by atoms with van der Waals surface area (Å²) in [7, 11) is 0. The molecule has 17 heavy (non-hydrogen) atoms. The molecular formula is C16H11Rh-. The summed E-state index contributed by atoms with van der Waals surface area (Å²) in [6.07, 6.45) is 8.60. The second kappa shape index (κ2) is 8.43. The normalized spacial score (nSPS) is 8.00. The summed E-state index contributed by atoms with van der Waals surface area (Å²) in [5.41, 5.74) is 2.01. The van der Waals surface area contributed by atoms with Gasteiger partial charge in [-0.05, 0) is 0 Å². The van der Waals surface area contributed by atoms with E-state index in [0.717, 1.165) is 5.56 Å². The van der Waals surface area contributed by atoms with Gasteiger partial charge in [0.25, 0.3) is 0 Å². The summed E-state index contributed by atoms with van der Waals surface area (Å²) in [4.78, 5) is 0. The summed E-state index contributed by atoms with van der Waals surface area (Å²) in [6.45, 7) is 0. The fourth-order valence-electron chi connectivity index (χ4n) is 1.13. The predicted octanol–water partition coefficient (Wildman–Crippen LogP) is 3.27. The van der Waals surface area contributed by atoms with Crippen molar-refractivity contribution in [2.45, 2.75) is 0 Å². The van der Waals surface area contributed by atoms with Crippen molar-refractivity contribution in [3.05, 3.63) is 78.2 Å². The number of hydrogen-bond acceptors (Lipinski definition) is 0. The molecule has 0 radical (unpaired) electrons. The topological polar surface area (TPSA) is 0 Å². The van der Waals surface area contributed by atoms with Crippen LogP contribution >= 0.6 is 0 Å². The Hall–Kier alpha value is -1.73. The molecule has 85 valence electrons. The van der Waals surface area contributed by atoms with Gasteiger partial charge in [-0.3, -0.25) is 5.92 Å². The molecule has 0 saturated carbocycles. The van der Waals surface area contributed by atoms with E-state index in [2.05, 4.69) is 28.0 Å². The first-order valence-electron chi connectivity index (χ1n) is 5.07. The Morgan fingerprint density at radius 3 is 1.82 bits per heavy atom. The average molecular weight is 306 g/mol. The van der Waals surface area contributed by atoms with E-state index in [0.29, 0.717) is 0 Å². The fourth-order valence-corrected chi connectivity index (χ4v) is 1.40. The van der Waals surface area contributed by atoms with Gasteiger partial charge in [-0.15, -0.1) is 17.7 Å². The quantitative estimate of drug-likeness (QED) is 0.431. The Balaban J connectivity index is 0.000000171. The van der Waals surface area contributed by atoms with Gasteiger partial charge in [-0.25, -0.2) is 0 Å². The molecule has 0 aliphatic rings. The molecular weight excluding hydrogens is 295 g/mol. The van der Waals surface area contributed by atoms with Crippen LogP contribution in [0.1, 0.15) is 11.1 Å². The van der Waals surface area contributed by atoms with Crippen LogP contribution in [0.2, 0.25) is 0 Å². The summed E-state index contributed by atoms with van der Waals surface area (Å²) >= 11 is 2.59. The average Bonchev–Trinajstić information content (AvgIpc) is 2.42. The molecule has 0 fully saturated rings. The van der Waals surface area contributed by atoms with Gasteiger partial charge in [0.05, 0.1) is 0 Å². The van der Waals surface area contributed by atoms with Gasteiger partial charge in [-0.1, -0.05) is 18.2 Å². The molecule has 0 unspecified atom stereocenters.